The van der Waals surface area contributed by atoms with Crippen molar-refractivity contribution in [2.45, 2.75) is 13.5 Å². The molecule has 1 aromatic carbocycles. The second-order valence-electron chi connectivity index (χ2n) is 5.60. The van der Waals surface area contributed by atoms with Gasteiger partial charge < -0.3 is 10.6 Å². The Labute approximate surface area is 159 Å². The Bertz CT molecular complexity index is 970. The Balaban J connectivity index is 1.59. The molecule has 2 heterocycles. The van der Waals surface area contributed by atoms with Crippen molar-refractivity contribution in [2.75, 3.05) is 11.9 Å². The Morgan fingerprint density at radius 3 is 2.88 bits per heavy atom. The number of carbonyl (C=O) groups excluding carboxylic acids is 1. The number of anilines is 1. The molecule has 8 heteroatoms. The molecule has 0 unspecified atom stereocenters. The van der Waals surface area contributed by atoms with Gasteiger partial charge in [0.25, 0.3) is 5.56 Å². The fourth-order valence-corrected chi connectivity index (χ4v) is 3.20. The normalized spacial score (nSPS) is 10.5. The average molecular weight is 389 g/mol. The van der Waals surface area contributed by atoms with Crippen LogP contribution in [-0.4, -0.2) is 22.4 Å². The number of aryl methyl sites for hydroxylation is 1. The summed E-state index contributed by atoms with van der Waals surface area (Å²) in [5.41, 5.74) is 2.08. The third kappa shape index (κ3) is 4.50. The summed E-state index contributed by atoms with van der Waals surface area (Å²) in [6, 6.07) is 12.0. The van der Waals surface area contributed by atoms with Crippen LogP contribution in [-0.2, 0) is 6.54 Å². The van der Waals surface area contributed by atoms with Gasteiger partial charge in [0.05, 0.1) is 11.4 Å². The van der Waals surface area contributed by atoms with E-state index in [0.717, 1.165) is 16.1 Å². The first-order valence-electron chi connectivity index (χ1n) is 7.96. The first-order valence-corrected chi connectivity index (χ1v) is 9.22. The van der Waals surface area contributed by atoms with Crippen molar-refractivity contribution in [2.24, 2.45) is 0 Å². The maximum absolute atomic E-state index is 12.0. The van der Waals surface area contributed by atoms with Gasteiger partial charge in [0.1, 0.15) is 5.69 Å². The maximum Gasteiger partial charge on any atom is 0.319 e. The first kappa shape index (κ1) is 18.2. The van der Waals surface area contributed by atoms with Crippen molar-refractivity contribution < 1.29 is 4.79 Å². The molecule has 0 radical (unpaired) electrons. The third-order valence-corrected chi connectivity index (χ3v) is 4.82. The van der Waals surface area contributed by atoms with Crippen LogP contribution in [0.25, 0.3) is 10.6 Å². The number of amides is 2. The molecule has 0 spiro atoms. The summed E-state index contributed by atoms with van der Waals surface area (Å²) >= 11 is 7.50. The molecule has 0 atom stereocenters. The van der Waals surface area contributed by atoms with E-state index in [2.05, 4.69) is 15.7 Å². The minimum absolute atomic E-state index is 0.210. The van der Waals surface area contributed by atoms with E-state index >= 15 is 0 Å². The Hall–Kier alpha value is -2.64. The van der Waals surface area contributed by atoms with Gasteiger partial charge in [-0.05, 0) is 42.1 Å². The topological polar surface area (TPSA) is 76.0 Å². The molecule has 2 amide bonds. The van der Waals surface area contributed by atoms with Gasteiger partial charge in [-0.2, -0.15) is 5.10 Å². The largest absolute Gasteiger partial charge is 0.336 e. The second kappa shape index (κ2) is 8.16. The van der Waals surface area contributed by atoms with Crippen LogP contribution in [0, 0.1) is 6.92 Å². The van der Waals surface area contributed by atoms with Crippen molar-refractivity contribution in [1.82, 2.24) is 15.1 Å². The lowest BCUT2D eigenvalue weighted by atomic mass is 10.2. The van der Waals surface area contributed by atoms with E-state index in [1.807, 2.05) is 30.5 Å². The van der Waals surface area contributed by atoms with Crippen molar-refractivity contribution in [3.05, 3.63) is 68.8 Å². The predicted octanol–water partition coefficient (Wildman–Crippen LogP) is 3.76. The van der Waals surface area contributed by atoms with E-state index < -0.39 is 0 Å². The summed E-state index contributed by atoms with van der Waals surface area (Å²) in [7, 11) is 0. The van der Waals surface area contributed by atoms with E-state index in [0.29, 0.717) is 10.7 Å². The SMILES string of the molecule is Cc1ccc(Cl)cc1NC(=O)NCCn1nc(-c2cccs2)ccc1=O. The summed E-state index contributed by atoms with van der Waals surface area (Å²) in [5, 5.41) is 12.3. The van der Waals surface area contributed by atoms with Crippen molar-refractivity contribution in [3.8, 4) is 10.6 Å². The molecule has 3 aromatic rings. The molecule has 0 aliphatic rings. The number of thiophene rings is 1. The number of nitrogens with zero attached hydrogens (tertiary/aromatic N) is 2. The Morgan fingerprint density at radius 1 is 1.27 bits per heavy atom. The number of carbonyl (C=O) groups is 1. The Kier molecular flexibility index (Phi) is 5.70. The molecule has 134 valence electrons. The van der Waals surface area contributed by atoms with E-state index in [-0.39, 0.29) is 24.7 Å². The van der Waals surface area contributed by atoms with Crippen molar-refractivity contribution in [3.63, 3.8) is 0 Å². The molecule has 0 aliphatic carbocycles. The fraction of sp³-hybridized carbons (Fsp3) is 0.167. The van der Waals surface area contributed by atoms with E-state index in [4.69, 9.17) is 11.6 Å². The highest BCUT2D eigenvalue weighted by Crippen LogP contribution is 2.21. The number of aromatic nitrogens is 2. The summed E-state index contributed by atoms with van der Waals surface area (Å²) < 4.78 is 1.35. The standard InChI is InChI=1S/C18H17ClN4O2S/c1-12-4-5-13(19)11-15(12)21-18(25)20-8-9-23-17(24)7-6-14(22-23)16-3-2-10-26-16/h2-7,10-11H,8-9H2,1H3,(H2,20,21,25). The number of halogens is 1. The van der Waals surface area contributed by atoms with Crippen LogP contribution in [0.2, 0.25) is 5.02 Å². The highest BCUT2D eigenvalue weighted by atomic mass is 35.5. The quantitative estimate of drug-likeness (QED) is 0.698. The maximum atomic E-state index is 12.0. The molecular weight excluding hydrogens is 372 g/mol. The zero-order valence-corrected chi connectivity index (χ0v) is 15.6. The van der Waals surface area contributed by atoms with Crippen LogP contribution >= 0.6 is 22.9 Å². The minimum Gasteiger partial charge on any atom is -0.336 e. The number of nitrogens with one attached hydrogen (secondary N) is 2. The molecule has 0 bridgehead atoms. The minimum atomic E-state index is -0.363. The summed E-state index contributed by atoms with van der Waals surface area (Å²) in [6.07, 6.45) is 0. The van der Waals surface area contributed by atoms with E-state index in [1.54, 1.807) is 29.5 Å². The van der Waals surface area contributed by atoms with Crippen LogP contribution < -0.4 is 16.2 Å². The number of benzene rings is 1. The van der Waals surface area contributed by atoms with Crippen molar-refractivity contribution >= 4 is 34.7 Å². The fourth-order valence-electron chi connectivity index (χ4n) is 2.34. The van der Waals surface area contributed by atoms with Gasteiger partial charge in [0.15, 0.2) is 0 Å². The monoisotopic (exact) mass is 388 g/mol. The van der Waals surface area contributed by atoms with Crippen molar-refractivity contribution in [1.29, 1.82) is 0 Å². The van der Waals surface area contributed by atoms with E-state index in [1.165, 1.54) is 10.7 Å². The van der Waals surface area contributed by atoms with Crippen LogP contribution in [0.3, 0.4) is 0 Å². The second-order valence-corrected chi connectivity index (χ2v) is 6.98. The van der Waals surface area contributed by atoms with Gasteiger partial charge >= 0.3 is 6.03 Å². The van der Waals surface area contributed by atoms with Gasteiger partial charge in [-0.15, -0.1) is 11.3 Å². The summed E-state index contributed by atoms with van der Waals surface area (Å²) in [4.78, 5) is 25.0. The van der Waals surface area contributed by atoms with Gasteiger partial charge in [0.2, 0.25) is 0 Å². The lowest BCUT2D eigenvalue weighted by molar-refractivity contribution is 0.251. The average Bonchev–Trinajstić information content (AvgIpc) is 3.14. The zero-order chi connectivity index (χ0) is 18.5. The van der Waals surface area contributed by atoms with Crippen LogP contribution in [0.5, 0.6) is 0 Å². The molecule has 6 nitrogen and oxygen atoms in total. The molecule has 0 saturated heterocycles. The number of hydrogen-bond acceptors (Lipinski definition) is 4. The van der Waals surface area contributed by atoms with E-state index in [9.17, 15) is 9.59 Å². The molecule has 2 aromatic heterocycles. The first-order chi connectivity index (χ1) is 12.5. The van der Waals surface area contributed by atoms with Crippen LogP contribution in [0.1, 0.15) is 5.56 Å². The van der Waals surface area contributed by atoms with Crippen LogP contribution in [0.15, 0.2) is 52.6 Å². The lowest BCUT2D eigenvalue weighted by Gasteiger charge is -2.11. The summed E-state index contributed by atoms with van der Waals surface area (Å²) in [6.45, 7) is 2.43. The van der Waals surface area contributed by atoms with Gasteiger partial charge in [0, 0.05) is 23.3 Å². The highest BCUT2D eigenvalue weighted by molar-refractivity contribution is 7.13. The van der Waals surface area contributed by atoms with Gasteiger partial charge in [-0.3, -0.25) is 4.79 Å². The lowest BCUT2D eigenvalue weighted by Crippen LogP contribution is -2.34. The van der Waals surface area contributed by atoms with Gasteiger partial charge in [-0.1, -0.05) is 23.7 Å². The smallest absolute Gasteiger partial charge is 0.319 e. The zero-order valence-electron chi connectivity index (χ0n) is 14.0. The molecule has 26 heavy (non-hydrogen) atoms. The Morgan fingerprint density at radius 2 is 2.12 bits per heavy atom. The predicted molar refractivity (Wildman–Crippen MR) is 105 cm³/mol. The molecule has 0 aliphatic heterocycles. The molecule has 3 rings (SSSR count). The van der Waals surface area contributed by atoms with Crippen LogP contribution in [0.4, 0.5) is 10.5 Å². The molecule has 0 fully saturated rings. The van der Waals surface area contributed by atoms with Gasteiger partial charge in [-0.25, -0.2) is 9.48 Å². The molecular formula is C18H17ClN4O2S. The number of urea groups is 1. The molecule has 0 saturated carbocycles. The third-order valence-electron chi connectivity index (χ3n) is 3.70. The number of hydrogen-bond donors (Lipinski definition) is 2. The highest BCUT2D eigenvalue weighted by Gasteiger charge is 2.07. The molecule has 2 N–H and O–H groups in total. The summed E-state index contributed by atoms with van der Waals surface area (Å²) in [5.74, 6) is 0. The number of rotatable bonds is 5.